The summed E-state index contributed by atoms with van der Waals surface area (Å²) < 4.78 is 37.3. The van der Waals surface area contributed by atoms with Gasteiger partial charge in [0.15, 0.2) is 5.79 Å². The maximum atomic E-state index is 14.0. The summed E-state index contributed by atoms with van der Waals surface area (Å²) in [4.78, 5) is 43.8. The SMILES string of the molecule is CCOC1(O)C=CC(N(Cc2cccc(-c3cccc(C(=O)N4CCC(CCCC5CCNCC5)CC4)c3)c2)C(=O)CCc2c[nH]c3ccccc23)=CC1.O=C(O)C(F)(F)F. The number of alkyl halides is 3. The molecule has 1 atom stereocenters. The number of aliphatic hydroxyl groups is 1. The number of para-hydroxylation sites is 1. The number of aliphatic carboxylic acids is 1. The summed E-state index contributed by atoms with van der Waals surface area (Å²) in [6.45, 7) is 6.60. The Morgan fingerprint density at radius 3 is 2.26 bits per heavy atom. The van der Waals surface area contributed by atoms with Crippen molar-refractivity contribution in [3.05, 3.63) is 120 Å². The molecular weight excluding hydrogens is 786 g/mol. The van der Waals surface area contributed by atoms with Gasteiger partial charge < -0.3 is 35.1 Å². The molecule has 1 aromatic heterocycles. The number of hydrogen-bond acceptors (Lipinski definition) is 6. The number of benzene rings is 3. The average Bonchev–Trinajstić information content (AvgIpc) is 3.68. The maximum Gasteiger partial charge on any atom is 0.490 e. The van der Waals surface area contributed by atoms with Gasteiger partial charge in [-0.1, -0.05) is 73.9 Å². The second-order valence-electron chi connectivity index (χ2n) is 16.2. The van der Waals surface area contributed by atoms with Gasteiger partial charge in [0.25, 0.3) is 5.91 Å². The smallest absolute Gasteiger partial charge is 0.475 e. The number of aromatic nitrogens is 1. The minimum absolute atomic E-state index is 0.00145. The van der Waals surface area contributed by atoms with E-state index in [1.807, 2.05) is 77.5 Å². The van der Waals surface area contributed by atoms with Crippen LogP contribution in [0.3, 0.4) is 0 Å². The molecule has 2 aliphatic heterocycles. The second-order valence-corrected chi connectivity index (χ2v) is 16.2. The number of nitrogens with zero attached hydrogens (tertiary/aromatic N) is 2. The first-order valence-electron chi connectivity index (χ1n) is 21.4. The van der Waals surface area contributed by atoms with Crippen LogP contribution in [0.1, 0.15) is 86.2 Å². The zero-order chi connectivity index (χ0) is 43.4. The van der Waals surface area contributed by atoms with Gasteiger partial charge in [0.05, 0.1) is 6.54 Å². The monoisotopic (exact) mass is 842 g/mol. The number of carboxylic acid groups (broad SMARTS) is 1. The number of fused-ring (bicyclic) bond motifs is 1. The number of ether oxygens (including phenoxy) is 1. The molecule has 4 N–H and O–H groups in total. The molecule has 0 saturated carbocycles. The highest BCUT2D eigenvalue weighted by atomic mass is 19.4. The summed E-state index contributed by atoms with van der Waals surface area (Å²) in [5.74, 6) is -2.41. The van der Waals surface area contributed by atoms with Crippen LogP contribution in [0.15, 0.2) is 103 Å². The van der Waals surface area contributed by atoms with Crippen molar-refractivity contribution in [2.45, 2.75) is 89.6 Å². The lowest BCUT2D eigenvalue weighted by Crippen LogP contribution is -2.38. The third kappa shape index (κ3) is 12.7. The van der Waals surface area contributed by atoms with Crippen LogP contribution in [0.5, 0.6) is 0 Å². The number of halogens is 3. The van der Waals surface area contributed by atoms with E-state index in [2.05, 4.69) is 34.6 Å². The van der Waals surface area contributed by atoms with E-state index >= 15 is 0 Å². The number of allylic oxidation sites excluding steroid dienone is 1. The molecule has 3 heterocycles. The Bertz CT molecular complexity index is 2170. The number of carbonyl (C=O) groups is 3. The molecule has 326 valence electrons. The molecule has 7 rings (SSSR count). The normalized spacial score (nSPS) is 18.6. The highest BCUT2D eigenvalue weighted by Crippen LogP contribution is 2.30. The predicted molar refractivity (Wildman–Crippen MR) is 229 cm³/mol. The first-order valence-corrected chi connectivity index (χ1v) is 21.4. The molecule has 2 saturated heterocycles. The second kappa shape index (κ2) is 21.0. The molecule has 3 aromatic carbocycles. The summed E-state index contributed by atoms with van der Waals surface area (Å²) in [7, 11) is 0. The topological polar surface area (TPSA) is 135 Å². The predicted octanol–water partition coefficient (Wildman–Crippen LogP) is 9.02. The molecule has 61 heavy (non-hydrogen) atoms. The fourth-order valence-electron chi connectivity index (χ4n) is 8.53. The van der Waals surface area contributed by atoms with Crippen molar-refractivity contribution < 1.29 is 42.5 Å². The molecule has 13 heteroatoms. The van der Waals surface area contributed by atoms with Crippen LogP contribution in [0.4, 0.5) is 13.2 Å². The van der Waals surface area contributed by atoms with Crippen molar-refractivity contribution in [2.75, 3.05) is 32.8 Å². The van der Waals surface area contributed by atoms with Crippen molar-refractivity contribution in [2.24, 2.45) is 11.8 Å². The number of nitrogens with one attached hydrogen (secondary N) is 2. The van der Waals surface area contributed by atoms with Gasteiger partial charge in [-0.05, 0) is 123 Å². The van der Waals surface area contributed by atoms with E-state index in [9.17, 15) is 27.9 Å². The maximum absolute atomic E-state index is 14.0. The molecule has 2 fully saturated rings. The van der Waals surface area contributed by atoms with E-state index in [4.69, 9.17) is 14.6 Å². The molecule has 10 nitrogen and oxygen atoms in total. The Labute approximate surface area is 355 Å². The summed E-state index contributed by atoms with van der Waals surface area (Å²) >= 11 is 0. The Hall–Kier alpha value is -5.24. The van der Waals surface area contributed by atoms with E-state index in [-0.39, 0.29) is 18.2 Å². The van der Waals surface area contributed by atoms with Crippen LogP contribution in [-0.2, 0) is 27.3 Å². The van der Waals surface area contributed by atoms with Crippen LogP contribution in [0.2, 0.25) is 0 Å². The van der Waals surface area contributed by atoms with Gasteiger partial charge in [0.2, 0.25) is 5.91 Å². The fraction of sp³-hybridized carbons (Fsp3) is 0.438. The molecule has 0 bridgehead atoms. The van der Waals surface area contributed by atoms with Crippen molar-refractivity contribution in [1.29, 1.82) is 0 Å². The van der Waals surface area contributed by atoms with Crippen LogP contribution in [0, 0.1) is 11.8 Å². The third-order valence-corrected chi connectivity index (χ3v) is 11.9. The zero-order valence-electron chi connectivity index (χ0n) is 34.8. The minimum Gasteiger partial charge on any atom is -0.475 e. The number of carbonyl (C=O) groups excluding carboxylic acids is 2. The van der Waals surface area contributed by atoms with Crippen LogP contribution >= 0.6 is 0 Å². The Balaban J connectivity index is 0.000000819. The highest BCUT2D eigenvalue weighted by molar-refractivity contribution is 5.95. The minimum atomic E-state index is -5.08. The van der Waals surface area contributed by atoms with Gasteiger partial charge in [-0.15, -0.1) is 0 Å². The van der Waals surface area contributed by atoms with E-state index in [0.29, 0.717) is 26.0 Å². The lowest BCUT2D eigenvalue weighted by molar-refractivity contribution is -0.192. The quantitative estimate of drug-likeness (QED) is 0.0932. The van der Waals surface area contributed by atoms with Crippen molar-refractivity contribution >= 4 is 28.7 Å². The fourth-order valence-corrected chi connectivity index (χ4v) is 8.53. The van der Waals surface area contributed by atoms with E-state index in [1.165, 1.54) is 45.2 Å². The lowest BCUT2D eigenvalue weighted by atomic mass is 9.87. The molecule has 1 aliphatic carbocycles. The number of aryl methyl sites for hydroxylation is 1. The molecule has 4 aromatic rings. The molecule has 0 radical (unpaired) electrons. The number of H-pyrrole nitrogens is 1. The largest absolute Gasteiger partial charge is 0.490 e. The van der Waals surface area contributed by atoms with Crippen LogP contribution in [-0.4, -0.2) is 87.5 Å². The number of piperidine rings is 2. The summed E-state index contributed by atoms with van der Waals surface area (Å²) in [6, 6.07) is 24.3. The first-order chi connectivity index (χ1) is 29.3. The highest BCUT2D eigenvalue weighted by Gasteiger charge is 2.38. The summed E-state index contributed by atoms with van der Waals surface area (Å²) in [6.07, 6.45) is 12.2. The molecule has 2 amide bonds. The average molecular weight is 843 g/mol. The summed E-state index contributed by atoms with van der Waals surface area (Å²) in [5, 5.41) is 22.6. The Morgan fingerprint density at radius 1 is 0.918 bits per heavy atom. The first kappa shape index (κ1) is 45.3. The molecular formula is C48H57F3N4O6. The molecule has 1 unspecified atom stereocenters. The standard InChI is InChI=1S/C46H56N4O4.C2HF3O2/c1-2-54-46(53)24-18-41(19-25-46)50(44(51)17-16-40-32-48-43-15-4-3-14-42(40)43)33-36-10-6-11-37(30-36)38-12-7-13-39(31-38)45(52)49-28-22-35(23-29-49)9-5-8-34-20-26-47-27-21-34;3-2(4,5)1(6)7/h3-4,6-7,10-15,18-19,24,30-32,34-35,47-48,53H,2,5,8-9,16-17,20-23,25-29,33H2,1H3;(H,6,7). The van der Waals surface area contributed by atoms with Gasteiger partial charge in [0.1, 0.15) is 0 Å². The van der Waals surface area contributed by atoms with Crippen LogP contribution < -0.4 is 5.32 Å². The molecule has 3 aliphatic rings. The van der Waals surface area contributed by atoms with Gasteiger partial charge in [0, 0.05) is 60.9 Å². The van der Waals surface area contributed by atoms with E-state index in [0.717, 1.165) is 82.2 Å². The number of carboxylic acids is 1. The summed E-state index contributed by atoms with van der Waals surface area (Å²) in [5.41, 5.74) is 6.59. The number of likely N-dealkylation sites (tertiary alicyclic amines) is 1. The number of hydrogen-bond donors (Lipinski definition) is 4. The Morgan fingerprint density at radius 2 is 1.59 bits per heavy atom. The zero-order valence-corrected chi connectivity index (χ0v) is 34.8. The van der Waals surface area contributed by atoms with Gasteiger partial charge in [-0.25, -0.2) is 4.79 Å². The van der Waals surface area contributed by atoms with Crippen molar-refractivity contribution in [1.82, 2.24) is 20.1 Å². The Kier molecular flexibility index (Phi) is 15.6. The number of rotatable bonds is 14. The van der Waals surface area contributed by atoms with Crippen molar-refractivity contribution in [3.8, 4) is 11.1 Å². The van der Waals surface area contributed by atoms with Gasteiger partial charge in [-0.2, -0.15) is 13.2 Å². The van der Waals surface area contributed by atoms with Crippen LogP contribution in [0.25, 0.3) is 22.0 Å². The van der Waals surface area contributed by atoms with Crippen molar-refractivity contribution in [3.63, 3.8) is 0 Å². The van der Waals surface area contributed by atoms with E-state index < -0.39 is 17.9 Å². The number of amides is 2. The molecule has 0 spiro atoms. The number of aromatic amines is 1. The van der Waals surface area contributed by atoms with Gasteiger partial charge in [-0.3, -0.25) is 9.59 Å². The lowest BCUT2D eigenvalue weighted by Gasteiger charge is -2.32. The third-order valence-electron chi connectivity index (χ3n) is 11.9. The van der Waals surface area contributed by atoms with Gasteiger partial charge >= 0.3 is 12.1 Å². The van der Waals surface area contributed by atoms with E-state index in [1.54, 1.807) is 12.2 Å².